The van der Waals surface area contributed by atoms with Crippen LogP contribution in [0.25, 0.3) is 33.4 Å². The van der Waals surface area contributed by atoms with Crippen molar-refractivity contribution in [3.8, 4) is 28.1 Å². The Hall–Kier alpha value is -3.30. The molecule has 1 aromatic carbocycles. The van der Waals surface area contributed by atoms with Gasteiger partial charge in [0.05, 0.1) is 12.4 Å². The molecule has 0 amide bonds. The fraction of sp³-hybridized carbons (Fsp3) is 0.348. The van der Waals surface area contributed by atoms with Gasteiger partial charge >= 0.3 is 0 Å². The molecule has 4 aromatic rings. The molecule has 0 bridgehead atoms. The minimum Gasteiger partial charge on any atom is -0.507 e. The summed E-state index contributed by atoms with van der Waals surface area (Å²) in [6.45, 7) is 6.08. The van der Waals surface area contributed by atoms with Gasteiger partial charge in [0, 0.05) is 54.9 Å². The van der Waals surface area contributed by atoms with Crippen molar-refractivity contribution in [1.29, 1.82) is 0 Å². The molecule has 0 saturated carbocycles. The summed E-state index contributed by atoms with van der Waals surface area (Å²) in [6, 6.07) is 8.39. The zero-order valence-electron chi connectivity index (χ0n) is 18.8. The van der Waals surface area contributed by atoms with E-state index < -0.39 is 0 Å². The number of aromatic nitrogens is 6. The van der Waals surface area contributed by atoms with Crippen LogP contribution in [-0.4, -0.2) is 60.2 Å². The molecular weight excluding hydrogens is 440 g/mol. The second-order valence-corrected chi connectivity index (χ2v) is 8.53. The molecule has 3 aromatic heterocycles. The molecule has 33 heavy (non-hydrogen) atoms. The van der Waals surface area contributed by atoms with Crippen molar-refractivity contribution in [2.75, 3.05) is 18.0 Å². The van der Waals surface area contributed by atoms with Gasteiger partial charge in [0.1, 0.15) is 11.4 Å². The van der Waals surface area contributed by atoms with E-state index in [1.165, 1.54) is 0 Å². The summed E-state index contributed by atoms with van der Waals surface area (Å²) in [7, 11) is 1.86. The predicted molar refractivity (Wildman–Crippen MR) is 131 cm³/mol. The van der Waals surface area contributed by atoms with Crippen molar-refractivity contribution in [3.63, 3.8) is 0 Å². The number of rotatable bonds is 5. The van der Waals surface area contributed by atoms with Crippen LogP contribution in [0.15, 0.2) is 42.9 Å². The van der Waals surface area contributed by atoms with Crippen LogP contribution in [0.2, 0.25) is 0 Å². The number of pyridine rings is 1. The number of fused-ring (bicyclic) bond motifs is 1. The van der Waals surface area contributed by atoms with Gasteiger partial charge in [-0.05, 0) is 30.2 Å². The lowest BCUT2D eigenvalue weighted by atomic mass is 10.0. The number of benzene rings is 1. The number of halogens is 1. The van der Waals surface area contributed by atoms with Gasteiger partial charge in [-0.15, -0.1) is 22.6 Å². The van der Waals surface area contributed by atoms with Crippen molar-refractivity contribution >= 4 is 29.4 Å². The maximum Gasteiger partial charge on any atom is 0.245 e. The van der Waals surface area contributed by atoms with Crippen molar-refractivity contribution in [2.24, 2.45) is 7.05 Å². The first kappa shape index (κ1) is 22.9. The maximum absolute atomic E-state index is 10.7. The average Bonchev–Trinajstić information content (AvgIpc) is 3.40. The smallest absolute Gasteiger partial charge is 0.245 e. The van der Waals surface area contributed by atoms with Gasteiger partial charge in [0.25, 0.3) is 0 Å². The highest BCUT2D eigenvalue weighted by atomic mass is 35.5. The van der Waals surface area contributed by atoms with Gasteiger partial charge < -0.3 is 15.3 Å². The van der Waals surface area contributed by atoms with Crippen LogP contribution in [0.5, 0.6) is 5.75 Å². The van der Waals surface area contributed by atoms with Crippen LogP contribution in [0, 0.1) is 0 Å². The Morgan fingerprint density at radius 2 is 1.91 bits per heavy atom. The molecule has 9 nitrogen and oxygen atoms in total. The van der Waals surface area contributed by atoms with Gasteiger partial charge in [0.15, 0.2) is 5.65 Å². The lowest BCUT2D eigenvalue weighted by molar-refractivity contribution is 0.477. The molecule has 4 heterocycles. The summed E-state index contributed by atoms with van der Waals surface area (Å²) in [4.78, 5) is 11.1. The molecule has 1 aliphatic rings. The summed E-state index contributed by atoms with van der Waals surface area (Å²) in [6.07, 6.45) is 6.30. The molecule has 5 rings (SSSR count). The Morgan fingerprint density at radius 1 is 1.06 bits per heavy atom. The molecule has 1 aliphatic heterocycles. The number of nitrogens with zero attached hydrogens (tertiary/aromatic N) is 7. The van der Waals surface area contributed by atoms with Crippen LogP contribution in [0.1, 0.15) is 20.3 Å². The summed E-state index contributed by atoms with van der Waals surface area (Å²) in [5, 5.41) is 28.1. The first-order valence-electron chi connectivity index (χ1n) is 10.8. The molecule has 1 atom stereocenters. The Bertz CT molecular complexity index is 1260. The van der Waals surface area contributed by atoms with Gasteiger partial charge in [-0.1, -0.05) is 19.9 Å². The SMILES string of the molecule is CC(C)NC1CCN(c2ncc(-c3ccc(-c4cnc5c(cnn5C)c4)cc3O)nn2)C1.Cl. The lowest BCUT2D eigenvalue weighted by Crippen LogP contribution is -2.37. The number of phenolic OH excluding ortho intramolecular Hbond substituents is 1. The summed E-state index contributed by atoms with van der Waals surface area (Å²) >= 11 is 0. The first-order valence-corrected chi connectivity index (χ1v) is 10.8. The standard InChI is InChI=1S/C23H26N8O.ClH/c1-14(2)27-18-6-7-31(13-18)23-25-12-20(28-29-23)19-5-4-15(9-21(19)32)16-8-17-11-26-30(3)22(17)24-10-16;/h4-5,8-12,14,18,27,32H,6-7,13H2,1-3H3;1H. The maximum atomic E-state index is 10.7. The van der Waals surface area contributed by atoms with Crippen LogP contribution < -0.4 is 10.2 Å². The first-order chi connectivity index (χ1) is 15.5. The van der Waals surface area contributed by atoms with E-state index in [0.29, 0.717) is 29.3 Å². The van der Waals surface area contributed by atoms with Crippen LogP contribution in [0.4, 0.5) is 5.95 Å². The van der Waals surface area contributed by atoms with E-state index >= 15 is 0 Å². The predicted octanol–water partition coefficient (Wildman–Crippen LogP) is 3.19. The van der Waals surface area contributed by atoms with Crippen LogP contribution in [0.3, 0.4) is 0 Å². The van der Waals surface area contributed by atoms with Crippen molar-refractivity contribution in [2.45, 2.75) is 32.4 Å². The summed E-state index contributed by atoms with van der Waals surface area (Å²) in [5.74, 6) is 0.744. The number of aromatic hydroxyl groups is 1. The molecule has 10 heteroatoms. The van der Waals surface area contributed by atoms with E-state index in [4.69, 9.17) is 0 Å². The topological polar surface area (TPSA) is 105 Å². The van der Waals surface area contributed by atoms with Crippen molar-refractivity contribution < 1.29 is 5.11 Å². The van der Waals surface area contributed by atoms with Gasteiger partial charge in [-0.3, -0.25) is 4.68 Å². The Balaban J connectivity index is 0.00000259. The molecule has 0 radical (unpaired) electrons. The molecule has 1 fully saturated rings. The Kier molecular flexibility index (Phi) is 6.44. The zero-order valence-corrected chi connectivity index (χ0v) is 19.6. The van der Waals surface area contributed by atoms with Gasteiger partial charge in [-0.2, -0.15) is 5.10 Å². The average molecular weight is 467 g/mol. The number of phenols is 1. The van der Waals surface area contributed by atoms with E-state index in [-0.39, 0.29) is 18.2 Å². The highest BCUT2D eigenvalue weighted by Gasteiger charge is 2.25. The Morgan fingerprint density at radius 3 is 2.64 bits per heavy atom. The van der Waals surface area contributed by atoms with E-state index in [0.717, 1.165) is 41.7 Å². The van der Waals surface area contributed by atoms with E-state index in [9.17, 15) is 5.11 Å². The quantitative estimate of drug-likeness (QED) is 0.462. The highest BCUT2D eigenvalue weighted by Crippen LogP contribution is 2.33. The second kappa shape index (κ2) is 9.29. The minimum atomic E-state index is 0. The molecule has 1 saturated heterocycles. The molecule has 0 aliphatic carbocycles. The van der Waals surface area contributed by atoms with E-state index in [2.05, 4.69) is 49.3 Å². The number of nitrogens with one attached hydrogen (secondary N) is 1. The van der Waals surface area contributed by atoms with Gasteiger partial charge in [0.2, 0.25) is 5.95 Å². The third kappa shape index (κ3) is 4.60. The molecular formula is C23H27ClN8O. The zero-order chi connectivity index (χ0) is 22.2. The minimum absolute atomic E-state index is 0. The molecule has 1 unspecified atom stereocenters. The van der Waals surface area contributed by atoms with Crippen LogP contribution in [-0.2, 0) is 7.05 Å². The van der Waals surface area contributed by atoms with Gasteiger partial charge in [-0.25, -0.2) is 9.97 Å². The number of hydrogen-bond acceptors (Lipinski definition) is 8. The van der Waals surface area contributed by atoms with Crippen LogP contribution >= 0.6 is 12.4 Å². The largest absolute Gasteiger partial charge is 0.507 e. The van der Waals surface area contributed by atoms with Crippen molar-refractivity contribution in [3.05, 3.63) is 42.9 Å². The van der Waals surface area contributed by atoms with Crippen molar-refractivity contribution in [1.82, 2.24) is 35.3 Å². The molecule has 172 valence electrons. The fourth-order valence-corrected chi connectivity index (χ4v) is 4.22. The summed E-state index contributed by atoms with van der Waals surface area (Å²) < 4.78 is 1.73. The monoisotopic (exact) mass is 466 g/mol. The number of hydrogen-bond donors (Lipinski definition) is 2. The third-order valence-electron chi connectivity index (χ3n) is 5.77. The number of aryl methyl sites for hydroxylation is 1. The normalized spacial score (nSPS) is 15.9. The second-order valence-electron chi connectivity index (χ2n) is 8.53. The van der Waals surface area contributed by atoms with E-state index in [1.807, 2.05) is 25.2 Å². The fourth-order valence-electron chi connectivity index (χ4n) is 4.22. The lowest BCUT2D eigenvalue weighted by Gasteiger charge is -2.18. The molecule has 0 spiro atoms. The Labute approximate surface area is 198 Å². The summed E-state index contributed by atoms with van der Waals surface area (Å²) in [5.41, 5.74) is 3.72. The third-order valence-corrected chi connectivity index (χ3v) is 5.77. The molecule has 2 N–H and O–H groups in total. The number of anilines is 1. The van der Waals surface area contributed by atoms with E-state index in [1.54, 1.807) is 29.3 Å². The highest BCUT2D eigenvalue weighted by molar-refractivity contribution is 5.85.